The molecule has 0 fully saturated rings. The summed E-state index contributed by atoms with van der Waals surface area (Å²) in [5.41, 5.74) is 0. The Morgan fingerprint density at radius 1 is 1.28 bits per heavy atom. The van der Waals surface area contributed by atoms with Crippen molar-refractivity contribution in [2.45, 2.75) is 0 Å². The predicted octanol–water partition coefficient (Wildman–Crippen LogP) is 2.75. The van der Waals surface area contributed by atoms with Gasteiger partial charge in [-0.05, 0) is 24.3 Å². The molecule has 0 atom stereocenters. The van der Waals surface area contributed by atoms with Gasteiger partial charge >= 0.3 is 5.97 Å². The summed E-state index contributed by atoms with van der Waals surface area (Å²) in [5, 5.41) is 11.6. The molecule has 2 heterocycles. The van der Waals surface area contributed by atoms with Gasteiger partial charge in [-0.1, -0.05) is 11.6 Å². The molecule has 0 aliphatic rings. The number of hydrogen-bond donors (Lipinski definition) is 2. The van der Waals surface area contributed by atoms with Gasteiger partial charge in [0.15, 0.2) is 5.82 Å². The van der Waals surface area contributed by atoms with Gasteiger partial charge in [-0.25, -0.2) is 9.78 Å². The van der Waals surface area contributed by atoms with Crippen molar-refractivity contribution in [3.8, 4) is 0 Å². The maximum absolute atomic E-state index is 11.8. The molecule has 2 rings (SSSR count). The molecule has 0 saturated carbocycles. The third kappa shape index (κ3) is 2.66. The fourth-order valence-corrected chi connectivity index (χ4v) is 2.13. The first-order valence-corrected chi connectivity index (χ1v) is 6.02. The highest BCUT2D eigenvalue weighted by molar-refractivity contribution is 7.15. The zero-order valence-electron chi connectivity index (χ0n) is 8.88. The van der Waals surface area contributed by atoms with Crippen LogP contribution in [0.5, 0.6) is 0 Å². The summed E-state index contributed by atoms with van der Waals surface area (Å²) < 4.78 is 0. The van der Waals surface area contributed by atoms with Crippen molar-refractivity contribution < 1.29 is 14.7 Å². The van der Waals surface area contributed by atoms with Crippen LogP contribution in [0.1, 0.15) is 19.3 Å². The Bertz CT molecular complexity index is 612. The normalized spacial score (nSPS) is 10.1. The van der Waals surface area contributed by atoms with Crippen molar-refractivity contribution in [1.82, 2.24) is 4.98 Å². The molecule has 0 bridgehead atoms. The molecule has 0 aliphatic heterocycles. The van der Waals surface area contributed by atoms with Gasteiger partial charge in [0, 0.05) is 6.20 Å². The molecular weight excluding hydrogens is 276 g/mol. The summed E-state index contributed by atoms with van der Waals surface area (Å²) in [4.78, 5) is 26.8. The number of nitrogens with zero attached hydrogens (tertiary/aromatic N) is 1. The van der Waals surface area contributed by atoms with Crippen LogP contribution in [0.2, 0.25) is 5.02 Å². The molecular formula is C11H7ClN2O3S. The van der Waals surface area contributed by atoms with Crippen LogP contribution in [0.3, 0.4) is 0 Å². The molecule has 0 radical (unpaired) electrons. The van der Waals surface area contributed by atoms with Crippen molar-refractivity contribution in [3.63, 3.8) is 0 Å². The minimum Gasteiger partial charge on any atom is -0.477 e. The number of amides is 1. The third-order valence-corrected chi connectivity index (χ3v) is 3.41. The Labute approximate surface area is 111 Å². The summed E-state index contributed by atoms with van der Waals surface area (Å²) in [7, 11) is 0. The molecule has 0 saturated heterocycles. The lowest BCUT2D eigenvalue weighted by Crippen LogP contribution is -2.11. The highest BCUT2D eigenvalue weighted by Crippen LogP contribution is 2.21. The second-order valence-corrected chi connectivity index (χ2v) is 4.75. The topological polar surface area (TPSA) is 79.3 Å². The molecule has 2 aromatic rings. The van der Waals surface area contributed by atoms with E-state index in [0.29, 0.717) is 5.02 Å². The Hall–Kier alpha value is -1.92. The van der Waals surface area contributed by atoms with E-state index >= 15 is 0 Å². The van der Waals surface area contributed by atoms with Crippen LogP contribution >= 0.6 is 22.9 Å². The molecule has 0 aliphatic carbocycles. The molecule has 2 N–H and O–H groups in total. The van der Waals surface area contributed by atoms with E-state index in [1.165, 1.54) is 18.3 Å². The fraction of sp³-hybridized carbons (Fsp3) is 0. The van der Waals surface area contributed by atoms with Crippen LogP contribution in [0.15, 0.2) is 30.5 Å². The number of hydrogen-bond acceptors (Lipinski definition) is 4. The average Bonchev–Trinajstić information content (AvgIpc) is 2.81. The molecule has 2 aromatic heterocycles. The Kier molecular flexibility index (Phi) is 3.59. The zero-order valence-corrected chi connectivity index (χ0v) is 10.5. The van der Waals surface area contributed by atoms with Crippen LogP contribution in [0.4, 0.5) is 5.82 Å². The number of carbonyl (C=O) groups excluding carboxylic acids is 1. The quantitative estimate of drug-likeness (QED) is 0.907. The first-order chi connectivity index (χ1) is 8.58. The highest BCUT2D eigenvalue weighted by Gasteiger charge is 2.14. The van der Waals surface area contributed by atoms with E-state index in [4.69, 9.17) is 16.7 Å². The van der Waals surface area contributed by atoms with E-state index in [0.717, 1.165) is 11.3 Å². The van der Waals surface area contributed by atoms with Gasteiger partial charge in [0.25, 0.3) is 5.91 Å². The summed E-state index contributed by atoms with van der Waals surface area (Å²) in [6, 6.07) is 6.06. The smallest absolute Gasteiger partial charge is 0.345 e. The maximum atomic E-state index is 11.8. The lowest BCUT2D eigenvalue weighted by molar-refractivity contribution is 0.0702. The number of rotatable bonds is 3. The Balaban J connectivity index is 2.17. The number of aromatic carboxylic acids is 1. The maximum Gasteiger partial charge on any atom is 0.345 e. The van der Waals surface area contributed by atoms with Gasteiger partial charge in [0.05, 0.1) is 9.90 Å². The number of pyridine rings is 1. The van der Waals surface area contributed by atoms with Crippen molar-refractivity contribution >= 4 is 40.6 Å². The van der Waals surface area contributed by atoms with E-state index in [2.05, 4.69) is 10.3 Å². The number of aromatic nitrogens is 1. The molecule has 5 nitrogen and oxygen atoms in total. The van der Waals surface area contributed by atoms with Crippen molar-refractivity contribution in [3.05, 3.63) is 45.2 Å². The number of thiophene rings is 1. The number of nitrogens with one attached hydrogen (secondary N) is 1. The lowest BCUT2D eigenvalue weighted by atomic mass is 10.4. The monoisotopic (exact) mass is 282 g/mol. The number of halogens is 1. The number of carboxylic acid groups (broad SMARTS) is 1. The second-order valence-electron chi connectivity index (χ2n) is 3.26. The van der Waals surface area contributed by atoms with E-state index in [1.54, 1.807) is 12.1 Å². The third-order valence-electron chi connectivity index (χ3n) is 2.03. The van der Waals surface area contributed by atoms with Gasteiger partial charge in [-0.3, -0.25) is 4.79 Å². The second kappa shape index (κ2) is 5.16. The Morgan fingerprint density at radius 3 is 2.61 bits per heavy atom. The number of carboxylic acids is 1. The number of carbonyl (C=O) groups is 2. The average molecular weight is 283 g/mol. The summed E-state index contributed by atoms with van der Waals surface area (Å²) >= 11 is 6.74. The SMILES string of the molecule is O=C(O)c1ccc(C(=O)Nc2ncccc2Cl)s1. The van der Waals surface area contributed by atoms with Gasteiger partial charge in [0.1, 0.15) is 4.88 Å². The standard InChI is InChI=1S/C11H7ClN2O3S/c12-6-2-1-5-13-9(6)14-10(15)7-3-4-8(18-7)11(16)17/h1-5H,(H,16,17)(H,13,14,15). The Morgan fingerprint density at radius 2 is 2.00 bits per heavy atom. The first kappa shape index (κ1) is 12.5. The van der Waals surface area contributed by atoms with Crippen LogP contribution < -0.4 is 5.32 Å². The van der Waals surface area contributed by atoms with Crippen LogP contribution in [-0.2, 0) is 0 Å². The predicted molar refractivity (Wildman–Crippen MR) is 68.5 cm³/mol. The van der Waals surface area contributed by atoms with Gasteiger partial charge < -0.3 is 10.4 Å². The molecule has 0 aromatic carbocycles. The molecule has 92 valence electrons. The van der Waals surface area contributed by atoms with Gasteiger partial charge in [-0.2, -0.15) is 0 Å². The molecule has 0 unspecified atom stereocenters. The summed E-state index contributed by atoms with van der Waals surface area (Å²) in [5.74, 6) is -1.25. The molecule has 7 heteroatoms. The lowest BCUT2D eigenvalue weighted by Gasteiger charge is -2.03. The van der Waals surface area contributed by atoms with E-state index in [-0.39, 0.29) is 15.6 Å². The molecule has 18 heavy (non-hydrogen) atoms. The van der Waals surface area contributed by atoms with E-state index in [9.17, 15) is 9.59 Å². The van der Waals surface area contributed by atoms with Gasteiger partial charge in [0.2, 0.25) is 0 Å². The highest BCUT2D eigenvalue weighted by atomic mass is 35.5. The van der Waals surface area contributed by atoms with E-state index < -0.39 is 11.9 Å². The largest absolute Gasteiger partial charge is 0.477 e. The van der Waals surface area contributed by atoms with Crippen molar-refractivity contribution in [2.75, 3.05) is 5.32 Å². The first-order valence-electron chi connectivity index (χ1n) is 4.83. The van der Waals surface area contributed by atoms with Crippen LogP contribution in [0.25, 0.3) is 0 Å². The van der Waals surface area contributed by atoms with Gasteiger partial charge in [-0.15, -0.1) is 11.3 Å². The van der Waals surface area contributed by atoms with Crippen LogP contribution in [-0.4, -0.2) is 22.0 Å². The fourth-order valence-electron chi connectivity index (χ4n) is 1.22. The summed E-state index contributed by atoms with van der Waals surface area (Å²) in [6.45, 7) is 0. The van der Waals surface area contributed by atoms with E-state index in [1.807, 2.05) is 0 Å². The van der Waals surface area contributed by atoms with Crippen molar-refractivity contribution in [2.24, 2.45) is 0 Å². The molecule has 0 spiro atoms. The number of anilines is 1. The molecule has 1 amide bonds. The summed E-state index contributed by atoms with van der Waals surface area (Å²) in [6.07, 6.45) is 1.50. The van der Waals surface area contributed by atoms with Crippen molar-refractivity contribution in [1.29, 1.82) is 0 Å². The minimum absolute atomic E-state index is 0.104. The zero-order chi connectivity index (χ0) is 13.1. The minimum atomic E-state index is -1.06. The van der Waals surface area contributed by atoms with Crippen LogP contribution in [0, 0.1) is 0 Å².